The molecule has 3 heterocycles. The smallest absolute Gasteiger partial charge is 0.323 e. The fourth-order valence-electron chi connectivity index (χ4n) is 5.53. The van der Waals surface area contributed by atoms with E-state index in [0.717, 1.165) is 18.4 Å². The summed E-state index contributed by atoms with van der Waals surface area (Å²) in [6, 6.07) is 17.9. The Kier molecular flexibility index (Phi) is 9.72. The van der Waals surface area contributed by atoms with Crippen molar-refractivity contribution in [1.29, 1.82) is 0 Å². The van der Waals surface area contributed by atoms with Gasteiger partial charge < -0.3 is 29.4 Å². The second-order valence-electron chi connectivity index (χ2n) is 12.2. The number of nitrogens with one attached hydrogen (secondary N) is 1. The van der Waals surface area contributed by atoms with Crippen LogP contribution in [0, 0.1) is 5.92 Å². The van der Waals surface area contributed by atoms with Crippen LogP contribution in [-0.4, -0.2) is 61.8 Å². The molecule has 2 aromatic heterocycles. The third kappa shape index (κ3) is 7.59. The van der Waals surface area contributed by atoms with Crippen molar-refractivity contribution in [2.24, 2.45) is 5.92 Å². The van der Waals surface area contributed by atoms with Crippen molar-refractivity contribution in [3.8, 4) is 5.75 Å². The average Bonchev–Trinajstić information content (AvgIpc) is 3.69. The number of aliphatic hydroxyl groups is 1. The van der Waals surface area contributed by atoms with Crippen molar-refractivity contribution in [3.05, 3.63) is 78.4 Å². The lowest BCUT2D eigenvalue weighted by molar-refractivity contribution is -0.147. The molecular weight excluding hydrogens is 607 g/mol. The molecule has 1 aliphatic carbocycles. The van der Waals surface area contributed by atoms with Crippen molar-refractivity contribution in [2.75, 3.05) is 12.3 Å². The van der Waals surface area contributed by atoms with E-state index < -0.39 is 37.9 Å². The van der Waals surface area contributed by atoms with Crippen LogP contribution in [0.4, 0.5) is 5.82 Å². The van der Waals surface area contributed by atoms with Crippen molar-refractivity contribution in [1.82, 2.24) is 24.6 Å². The number of nitrogen functional groups attached to an aromatic ring is 1. The zero-order valence-electron chi connectivity index (χ0n) is 26.1. The Morgan fingerprint density at radius 2 is 1.87 bits per heavy atom. The van der Waals surface area contributed by atoms with Gasteiger partial charge in [0.15, 0.2) is 11.5 Å². The minimum atomic E-state index is -3.29. The van der Waals surface area contributed by atoms with Gasteiger partial charge in [-0.05, 0) is 49.2 Å². The number of imidazole rings is 1. The number of benzene rings is 2. The Morgan fingerprint density at radius 3 is 2.54 bits per heavy atom. The van der Waals surface area contributed by atoms with Crippen molar-refractivity contribution < 1.29 is 28.4 Å². The van der Waals surface area contributed by atoms with Gasteiger partial charge in [0, 0.05) is 12.3 Å². The van der Waals surface area contributed by atoms with Crippen LogP contribution in [0.2, 0.25) is 0 Å². The minimum absolute atomic E-state index is 0.138. The number of nitrogens with zero attached hydrogens (tertiary/aromatic N) is 4. The Labute approximate surface area is 268 Å². The number of para-hydroxylation sites is 1. The van der Waals surface area contributed by atoms with E-state index >= 15 is 0 Å². The summed E-state index contributed by atoms with van der Waals surface area (Å²) in [5, 5.41) is 13.7. The molecule has 4 aromatic rings. The fraction of sp³-hybridized carbons (Fsp3) is 0.424. The highest BCUT2D eigenvalue weighted by Crippen LogP contribution is 2.49. The van der Waals surface area contributed by atoms with Crippen LogP contribution in [0.1, 0.15) is 63.1 Å². The number of carbonyl (C=O) groups excluding carboxylic acids is 1. The van der Waals surface area contributed by atoms with Gasteiger partial charge in [0.2, 0.25) is 7.49 Å². The Morgan fingerprint density at radius 1 is 1.15 bits per heavy atom. The van der Waals surface area contributed by atoms with Crippen LogP contribution >= 0.6 is 7.49 Å². The average molecular weight is 649 g/mol. The number of anilines is 1. The minimum Gasteiger partial charge on any atom is -0.460 e. The summed E-state index contributed by atoms with van der Waals surface area (Å²) in [5.74, 6) is 1.58. The molecule has 0 spiro atoms. The molecule has 0 bridgehead atoms. The number of ether oxygens (including phenoxy) is 2. The summed E-state index contributed by atoms with van der Waals surface area (Å²) in [7, 11) is -3.29. The van der Waals surface area contributed by atoms with Gasteiger partial charge in [-0.3, -0.25) is 9.36 Å². The van der Waals surface area contributed by atoms with Crippen LogP contribution in [-0.2, 0) is 25.4 Å². The van der Waals surface area contributed by atoms with Crippen molar-refractivity contribution >= 4 is 36.7 Å². The second kappa shape index (κ2) is 13.9. The lowest BCUT2D eigenvalue weighted by Crippen LogP contribution is -2.40. The van der Waals surface area contributed by atoms with Gasteiger partial charge in [-0.15, -0.1) is 0 Å². The van der Waals surface area contributed by atoms with Crippen LogP contribution in [0.5, 0.6) is 5.75 Å². The molecule has 0 amide bonds. The predicted octanol–water partition coefficient (Wildman–Crippen LogP) is 4.97. The van der Waals surface area contributed by atoms with E-state index in [4.69, 9.17) is 29.2 Å². The molecule has 4 N–H and O–H groups in total. The van der Waals surface area contributed by atoms with Gasteiger partial charge in [0.25, 0.3) is 0 Å². The maximum absolute atomic E-state index is 13.5. The Bertz CT molecular complexity index is 1680. The fourth-order valence-corrected chi connectivity index (χ4v) is 7.49. The van der Waals surface area contributed by atoms with E-state index in [1.165, 1.54) is 0 Å². The first-order chi connectivity index (χ1) is 22.2. The van der Waals surface area contributed by atoms with Crippen LogP contribution in [0.25, 0.3) is 11.2 Å². The summed E-state index contributed by atoms with van der Waals surface area (Å²) >= 11 is 0. The molecule has 46 heavy (non-hydrogen) atoms. The number of esters is 1. The van der Waals surface area contributed by atoms with E-state index in [1.54, 1.807) is 18.5 Å². The number of fused-ring (bicyclic) bond motifs is 1. The first-order valence-corrected chi connectivity index (χ1v) is 17.4. The zero-order valence-corrected chi connectivity index (χ0v) is 27.0. The van der Waals surface area contributed by atoms with Crippen molar-refractivity contribution in [3.63, 3.8) is 0 Å². The summed E-state index contributed by atoms with van der Waals surface area (Å²) < 4.78 is 26.9. The van der Waals surface area contributed by atoms with Crippen LogP contribution in [0.15, 0.2) is 67.0 Å². The summed E-state index contributed by atoms with van der Waals surface area (Å²) in [6.07, 6.45) is 6.97. The van der Waals surface area contributed by atoms with Crippen molar-refractivity contribution in [2.45, 2.75) is 76.5 Å². The van der Waals surface area contributed by atoms with E-state index in [1.807, 2.05) is 66.9 Å². The van der Waals surface area contributed by atoms with Crippen LogP contribution < -0.4 is 15.3 Å². The van der Waals surface area contributed by atoms with E-state index in [9.17, 15) is 9.90 Å². The highest BCUT2D eigenvalue weighted by molar-refractivity contribution is 7.62. The summed E-state index contributed by atoms with van der Waals surface area (Å²) in [4.78, 5) is 27.1. The lowest BCUT2D eigenvalue weighted by Gasteiger charge is -2.33. The number of aromatic nitrogens is 4. The maximum Gasteiger partial charge on any atom is 0.323 e. The number of rotatable bonds is 14. The number of hydrogen-bond acceptors (Lipinski definition) is 11. The number of nitrogens with two attached hydrogens (primary N) is 1. The molecule has 12 nitrogen and oxygen atoms in total. The Hall–Kier alpha value is -3.80. The van der Waals surface area contributed by atoms with Gasteiger partial charge in [-0.2, -0.15) is 0 Å². The molecule has 244 valence electrons. The van der Waals surface area contributed by atoms with Gasteiger partial charge in [-0.25, -0.2) is 20.0 Å². The molecule has 2 unspecified atom stereocenters. The topological polar surface area (TPSA) is 156 Å². The lowest BCUT2D eigenvalue weighted by atomic mass is 10.1. The first kappa shape index (κ1) is 32.2. The molecule has 1 aliphatic heterocycles. The van der Waals surface area contributed by atoms with E-state index in [0.29, 0.717) is 47.3 Å². The predicted molar refractivity (Wildman–Crippen MR) is 176 cm³/mol. The number of carbonyl (C=O) groups is 1. The number of aliphatic hydroxyl groups excluding tert-OH is 1. The molecule has 2 aliphatic rings. The van der Waals surface area contributed by atoms with Gasteiger partial charge in [0.1, 0.15) is 42.1 Å². The van der Waals surface area contributed by atoms with Gasteiger partial charge in [-0.1, -0.05) is 62.4 Å². The zero-order chi connectivity index (χ0) is 32.3. The summed E-state index contributed by atoms with van der Waals surface area (Å²) in [6.45, 7) is 3.88. The number of hydrogen-bond donors (Lipinski definition) is 3. The Balaban J connectivity index is 1.24. The molecule has 5 atom stereocenters. The van der Waals surface area contributed by atoms with Gasteiger partial charge >= 0.3 is 5.97 Å². The van der Waals surface area contributed by atoms with Gasteiger partial charge in [0.05, 0.1) is 19.0 Å². The molecule has 2 fully saturated rings. The van der Waals surface area contributed by atoms with Crippen LogP contribution in [0.3, 0.4) is 0 Å². The molecule has 2 aromatic carbocycles. The first-order valence-electron chi connectivity index (χ1n) is 15.6. The molecular formula is C33H41N6O6P. The molecule has 1 saturated carbocycles. The largest absolute Gasteiger partial charge is 0.460 e. The molecule has 13 heteroatoms. The molecule has 6 rings (SSSR count). The van der Waals surface area contributed by atoms with E-state index in [-0.39, 0.29) is 19.1 Å². The highest BCUT2D eigenvalue weighted by atomic mass is 31.2. The quantitative estimate of drug-likeness (QED) is 0.125. The monoisotopic (exact) mass is 648 g/mol. The highest BCUT2D eigenvalue weighted by Gasteiger charge is 2.42. The van der Waals surface area contributed by atoms with E-state index in [2.05, 4.69) is 21.4 Å². The SMILES string of the molecule is C=P(N[C@@H](CC(C)C)C(=O)OCc1ccccc1)(Oc1ccccc1)OC1C[C@H](n2cnc3c(N)nc(C4CC4)nc32)O[C@@H]1CO. The third-order valence-corrected chi connectivity index (χ3v) is 9.77. The maximum atomic E-state index is 13.5. The second-order valence-corrected chi connectivity index (χ2v) is 14.2. The summed E-state index contributed by atoms with van der Waals surface area (Å²) in [5.41, 5.74) is 8.19. The third-order valence-electron chi connectivity index (χ3n) is 7.95. The molecule has 0 radical (unpaired) electrons. The standard InChI is InChI=1S/C33H41N6O6P/c1-21(2)16-25(33(41)42-19-22-10-6-4-7-11-22)38-46(3,44-24-12-8-5-9-13-24)45-26-17-28(43-27(26)18-40)39-20-35-29-30(34)36-31(23-14-15-23)37-32(29)39/h4-13,20-21,23,25-28,38,40H,3,14-19H2,1-2H3,(H2,34,36,37)/t25-,26?,27+,28+,46?/m0/s1. The normalized spacial score (nSPS) is 21.7. The molecule has 1 saturated heterocycles.